The molecule has 0 aliphatic carbocycles. The molecule has 0 fully saturated rings. The van der Waals surface area contributed by atoms with Crippen molar-refractivity contribution >= 4 is 40.6 Å². The van der Waals surface area contributed by atoms with Crippen molar-refractivity contribution in [2.45, 2.75) is 13.3 Å². The first-order valence-corrected chi connectivity index (χ1v) is 6.42. The number of amides is 2. The van der Waals surface area contributed by atoms with Gasteiger partial charge in [0.05, 0.1) is 11.3 Å². The van der Waals surface area contributed by atoms with Crippen molar-refractivity contribution in [3.05, 3.63) is 23.8 Å². The fourth-order valence-corrected chi connectivity index (χ4v) is 2.14. The predicted octanol–water partition coefficient (Wildman–Crippen LogP) is 1.80. The molecule has 6 heteroatoms. The molecule has 1 aromatic carbocycles. The van der Waals surface area contributed by atoms with E-state index in [1.165, 1.54) is 17.9 Å². The summed E-state index contributed by atoms with van der Waals surface area (Å²) in [5.74, 6) is -0.885. The van der Waals surface area contributed by atoms with E-state index in [0.29, 0.717) is 35.8 Å². The van der Waals surface area contributed by atoms with Crippen LogP contribution in [0.1, 0.15) is 23.7 Å². The van der Waals surface area contributed by atoms with Crippen LogP contribution in [0, 0.1) is 0 Å². The molecule has 1 aliphatic heterocycles. The Morgan fingerprint density at radius 1 is 1.37 bits per heavy atom. The van der Waals surface area contributed by atoms with Crippen LogP contribution in [-0.4, -0.2) is 30.0 Å². The molecule has 19 heavy (non-hydrogen) atoms. The standard InChI is InChI=1S/C13H13ClN2O3/c1-8(17)15-9-3-4-11-10(7-9)12(18)13(19)16(11)6-2-5-14/h3-4,7H,2,5-6H2,1H3,(H,15,17). The summed E-state index contributed by atoms with van der Waals surface area (Å²) < 4.78 is 0. The Bertz CT molecular complexity index is 557. The molecule has 0 bridgehead atoms. The lowest BCUT2D eigenvalue weighted by atomic mass is 10.1. The molecule has 1 N–H and O–H groups in total. The van der Waals surface area contributed by atoms with Gasteiger partial charge >= 0.3 is 0 Å². The van der Waals surface area contributed by atoms with Gasteiger partial charge in [0.25, 0.3) is 11.7 Å². The van der Waals surface area contributed by atoms with Crippen molar-refractivity contribution in [2.24, 2.45) is 0 Å². The third kappa shape index (κ3) is 2.61. The number of alkyl halides is 1. The van der Waals surface area contributed by atoms with Crippen LogP contribution in [0.2, 0.25) is 0 Å². The second kappa shape index (κ2) is 5.40. The summed E-state index contributed by atoms with van der Waals surface area (Å²) >= 11 is 5.60. The van der Waals surface area contributed by atoms with Crippen molar-refractivity contribution < 1.29 is 14.4 Å². The molecule has 0 unspecified atom stereocenters. The molecule has 1 heterocycles. The van der Waals surface area contributed by atoms with Crippen LogP contribution in [0.25, 0.3) is 0 Å². The third-order valence-corrected chi connectivity index (χ3v) is 3.07. The molecule has 2 amide bonds. The second-order valence-corrected chi connectivity index (χ2v) is 4.62. The maximum atomic E-state index is 11.9. The quantitative estimate of drug-likeness (QED) is 0.675. The molecule has 1 aliphatic rings. The fourth-order valence-electron chi connectivity index (χ4n) is 2.02. The molecule has 0 atom stereocenters. The zero-order chi connectivity index (χ0) is 14.0. The van der Waals surface area contributed by atoms with Crippen LogP contribution in [0.3, 0.4) is 0 Å². The summed E-state index contributed by atoms with van der Waals surface area (Å²) in [4.78, 5) is 36.1. The lowest BCUT2D eigenvalue weighted by molar-refractivity contribution is -0.115. The van der Waals surface area contributed by atoms with Gasteiger partial charge in [0.1, 0.15) is 0 Å². The first kappa shape index (κ1) is 13.5. The minimum absolute atomic E-state index is 0.226. The first-order valence-electron chi connectivity index (χ1n) is 5.88. The number of hydrogen-bond acceptors (Lipinski definition) is 3. The van der Waals surface area contributed by atoms with Gasteiger partial charge in [-0.1, -0.05) is 0 Å². The number of ketones is 1. The van der Waals surface area contributed by atoms with Gasteiger partial charge < -0.3 is 10.2 Å². The molecular weight excluding hydrogens is 268 g/mol. The Hall–Kier alpha value is -1.88. The van der Waals surface area contributed by atoms with E-state index in [1.54, 1.807) is 12.1 Å². The largest absolute Gasteiger partial charge is 0.326 e. The molecule has 0 spiro atoms. The highest BCUT2D eigenvalue weighted by Gasteiger charge is 2.35. The van der Waals surface area contributed by atoms with Gasteiger partial charge in [-0.25, -0.2) is 0 Å². The zero-order valence-electron chi connectivity index (χ0n) is 10.4. The summed E-state index contributed by atoms with van der Waals surface area (Å²) in [6, 6.07) is 4.86. The predicted molar refractivity (Wildman–Crippen MR) is 72.8 cm³/mol. The van der Waals surface area contributed by atoms with Gasteiger partial charge in [-0.2, -0.15) is 0 Å². The Kier molecular flexibility index (Phi) is 3.85. The Labute approximate surface area is 115 Å². The van der Waals surface area contributed by atoms with Crippen molar-refractivity contribution in [1.29, 1.82) is 0 Å². The number of anilines is 2. The summed E-state index contributed by atoms with van der Waals surface area (Å²) in [6.45, 7) is 1.80. The van der Waals surface area contributed by atoms with E-state index in [9.17, 15) is 14.4 Å². The molecule has 100 valence electrons. The Morgan fingerprint density at radius 3 is 2.74 bits per heavy atom. The molecule has 0 saturated carbocycles. The molecule has 0 saturated heterocycles. The molecule has 0 aromatic heterocycles. The number of fused-ring (bicyclic) bond motifs is 1. The minimum atomic E-state index is -0.545. The van der Waals surface area contributed by atoms with E-state index in [1.807, 2.05) is 0 Å². The second-order valence-electron chi connectivity index (χ2n) is 4.24. The number of Topliss-reactive ketones (excluding diaryl/α,β-unsaturated/α-hetero) is 1. The minimum Gasteiger partial charge on any atom is -0.326 e. The summed E-state index contributed by atoms with van der Waals surface area (Å²) in [7, 11) is 0. The van der Waals surface area contributed by atoms with E-state index in [2.05, 4.69) is 5.32 Å². The van der Waals surface area contributed by atoms with Gasteiger partial charge in [-0.05, 0) is 24.6 Å². The average molecular weight is 281 g/mol. The molecule has 0 radical (unpaired) electrons. The number of carbonyl (C=O) groups excluding carboxylic acids is 3. The number of carbonyl (C=O) groups is 3. The molecule has 2 rings (SSSR count). The monoisotopic (exact) mass is 280 g/mol. The van der Waals surface area contributed by atoms with E-state index in [-0.39, 0.29) is 5.91 Å². The number of benzene rings is 1. The van der Waals surface area contributed by atoms with E-state index in [4.69, 9.17) is 11.6 Å². The van der Waals surface area contributed by atoms with Gasteiger partial charge in [0.2, 0.25) is 5.91 Å². The summed E-state index contributed by atoms with van der Waals surface area (Å²) in [5, 5.41) is 2.59. The number of nitrogens with zero attached hydrogens (tertiary/aromatic N) is 1. The Morgan fingerprint density at radius 2 is 2.11 bits per heavy atom. The molecular formula is C13H13ClN2O3. The van der Waals surface area contributed by atoms with Crippen LogP contribution >= 0.6 is 11.6 Å². The number of halogens is 1. The lowest BCUT2D eigenvalue weighted by Gasteiger charge is -2.15. The normalized spacial score (nSPS) is 13.7. The van der Waals surface area contributed by atoms with Crippen molar-refractivity contribution in [3.63, 3.8) is 0 Å². The highest BCUT2D eigenvalue weighted by molar-refractivity contribution is 6.52. The van der Waals surface area contributed by atoms with Gasteiger partial charge in [0, 0.05) is 25.0 Å². The van der Waals surface area contributed by atoms with Crippen molar-refractivity contribution in [3.8, 4) is 0 Å². The third-order valence-electron chi connectivity index (χ3n) is 2.81. The Balaban J connectivity index is 2.33. The van der Waals surface area contributed by atoms with Crippen LogP contribution in [0.5, 0.6) is 0 Å². The SMILES string of the molecule is CC(=O)Nc1ccc2c(c1)C(=O)C(=O)N2CCCCl. The number of nitrogens with one attached hydrogen (secondary N) is 1. The maximum absolute atomic E-state index is 11.9. The molecule has 5 nitrogen and oxygen atoms in total. The molecule has 1 aromatic rings. The number of rotatable bonds is 4. The summed E-state index contributed by atoms with van der Waals surface area (Å²) in [5.41, 5.74) is 1.41. The van der Waals surface area contributed by atoms with Gasteiger partial charge in [-0.3, -0.25) is 14.4 Å². The van der Waals surface area contributed by atoms with Crippen molar-refractivity contribution in [1.82, 2.24) is 0 Å². The topological polar surface area (TPSA) is 66.5 Å². The smallest absolute Gasteiger partial charge is 0.299 e. The number of hydrogen-bond donors (Lipinski definition) is 1. The van der Waals surface area contributed by atoms with Crippen molar-refractivity contribution in [2.75, 3.05) is 22.6 Å². The van der Waals surface area contributed by atoms with Crippen LogP contribution in [0.4, 0.5) is 11.4 Å². The first-order chi connectivity index (χ1) is 9.04. The van der Waals surface area contributed by atoms with E-state index >= 15 is 0 Å². The van der Waals surface area contributed by atoms with Gasteiger partial charge in [0.15, 0.2) is 0 Å². The van der Waals surface area contributed by atoms with E-state index < -0.39 is 11.7 Å². The van der Waals surface area contributed by atoms with Crippen LogP contribution in [-0.2, 0) is 9.59 Å². The van der Waals surface area contributed by atoms with Gasteiger partial charge in [-0.15, -0.1) is 11.6 Å². The fraction of sp³-hybridized carbons (Fsp3) is 0.308. The average Bonchev–Trinajstić information content (AvgIpc) is 2.60. The maximum Gasteiger partial charge on any atom is 0.299 e. The summed E-state index contributed by atoms with van der Waals surface area (Å²) in [6.07, 6.45) is 0.619. The van der Waals surface area contributed by atoms with E-state index in [0.717, 1.165) is 0 Å². The zero-order valence-corrected chi connectivity index (χ0v) is 11.2. The highest BCUT2D eigenvalue weighted by atomic mass is 35.5. The highest BCUT2D eigenvalue weighted by Crippen LogP contribution is 2.31. The lowest BCUT2D eigenvalue weighted by Crippen LogP contribution is -2.30. The van der Waals surface area contributed by atoms with Crippen LogP contribution in [0.15, 0.2) is 18.2 Å². The van der Waals surface area contributed by atoms with Crippen LogP contribution < -0.4 is 10.2 Å².